The van der Waals surface area contributed by atoms with Crippen LogP contribution in [0.2, 0.25) is 0 Å². The highest BCUT2D eigenvalue weighted by Gasteiger charge is 2.35. The number of hydrogen-bond acceptors (Lipinski definition) is 5. The van der Waals surface area contributed by atoms with Crippen molar-refractivity contribution in [3.05, 3.63) is 83.7 Å². The Morgan fingerprint density at radius 1 is 1.03 bits per heavy atom. The number of aliphatic carboxylic acids is 1. The first-order valence-corrected chi connectivity index (χ1v) is 12.1. The lowest BCUT2D eigenvalue weighted by atomic mass is 9.97. The molecule has 188 valence electrons. The number of rotatable bonds is 9. The molecule has 0 aliphatic rings. The molecule has 3 N–H and O–H groups in total. The molecule has 1 heterocycles. The van der Waals surface area contributed by atoms with E-state index in [0.29, 0.717) is 22.9 Å². The van der Waals surface area contributed by atoms with Gasteiger partial charge < -0.3 is 15.7 Å². The van der Waals surface area contributed by atoms with Crippen LogP contribution in [0.3, 0.4) is 0 Å². The van der Waals surface area contributed by atoms with Crippen molar-refractivity contribution in [1.82, 2.24) is 10.3 Å². The zero-order valence-corrected chi connectivity index (χ0v) is 19.8. The quantitative estimate of drug-likeness (QED) is 0.371. The zero-order valence-electron chi connectivity index (χ0n) is 19.0. The van der Waals surface area contributed by atoms with Gasteiger partial charge in [-0.3, -0.25) is 14.6 Å². The third-order valence-corrected chi connectivity index (χ3v) is 5.84. The van der Waals surface area contributed by atoms with Gasteiger partial charge in [-0.25, -0.2) is 4.79 Å². The van der Waals surface area contributed by atoms with Crippen LogP contribution in [0.15, 0.2) is 67.0 Å². The van der Waals surface area contributed by atoms with E-state index < -0.39 is 41.1 Å². The molecule has 2 amide bonds. The number of alkyl halides is 3. The molecule has 0 saturated carbocycles. The van der Waals surface area contributed by atoms with E-state index in [0.717, 1.165) is 12.4 Å². The molecule has 2 aromatic carbocycles. The van der Waals surface area contributed by atoms with Gasteiger partial charge in [-0.05, 0) is 53.8 Å². The summed E-state index contributed by atoms with van der Waals surface area (Å²) in [6.07, 6.45) is -0.916. The van der Waals surface area contributed by atoms with Crippen LogP contribution in [-0.2, 0) is 11.0 Å². The second kappa shape index (κ2) is 11.7. The largest absolute Gasteiger partial charge is 0.480 e. The fourth-order valence-corrected chi connectivity index (χ4v) is 3.90. The van der Waals surface area contributed by atoms with E-state index in [9.17, 15) is 32.7 Å². The van der Waals surface area contributed by atoms with Crippen LogP contribution in [0.4, 0.5) is 18.9 Å². The first kappa shape index (κ1) is 26.7. The minimum Gasteiger partial charge on any atom is -0.480 e. The molecule has 7 nitrogen and oxygen atoms in total. The number of hydrogen-bond donors (Lipinski definition) is 3. The number of benzene rings is 2. The highest BCUT2D eigenvalue weighted by atomic mass is 32.2. The van der Waals surface area contributed by atoms with Crippen molar-refractivity contribution in [2.24, 2.45) is 0 Å². The van der Waals surface area contributed by atoms with Crippen LogP contribution in [0.1, 0.15) is 32.7 Å². The molecular weight excluding hydrogens is 495 g/mol. The van der Waals surface area contributed by atoms with Gasteiger partial charge in [0.05, 0.1) is 11.1 Å². The van der Waals surface area contributed by atoms with Crippen molar-refractivity contribution in [2.75, 3.05) is 17.3 Å². The van der Waals surface area contributed by atoms with E-state index in [2.05, 4.69) is 15.6 Å². The number of carbonyl (C=O) groups excluding carboxylic acids is 2. The second-order valence-corrected chi connectivity index (χ2v) is 8.63. The molecule has 36 heavy (non-hydrogen) atoms. The fourth-order valence-electron chi connectivity index (χ4n) is 3.43. The summed E-state index contributed by atoms with van der Waals surface area (Å²) in [4.78, 5) is 40.9. The van der Waals surface area contributed by atoms with E-state index in [1.165, 1.54) is 30.0 Å². The topological polar surface area (TPSA) is 108 Å². The monoisotopic (exact) mass is 517 g/mol. The third-order valence-electron chi connectivity index (χ3n) is 5.19. The van der Waals surface area contributed by atoms with Gasteiger partial charge in [0.2, 0.25) is 0 Å². The number of carboxylic acids is 1. The molecule has 0 aliphatic carbocycles. The summed E-state index contributed by atoms with van der Waals surface area (Å²) in [5.41, 5.74) is -0.531. The summed E-state index contributed by atoms with van der Waals surface area (Å²) < 4.78 is 40.0. The van der Waals surface area contributed by atoms with E-state index in [-0.39, 0.29) is 17.7 Å². The molecular formula is C25H22F3N3O4S. The number of halogens is 3. The van der Waals surface area contributed by atoms with E-state index in [1.807, 2.05) is 6.26 Å². The van der Waals surface area contributed by atoms with Gasteiger partial charge in [0.15, 0.2) is 0 Å². The van der Waals surface area contributed by atoms with Crippen LogP contribution in [0, 0.1) is 0 Å². The highest BCUT2D eigenvalue weighted by molar-refractivity contribution is 7.98. The Kier molecular flexibility index (Phi) is 8.70. The summed E-state index contributed by atoms with van der Waals surface area (Å²) in [5.74, 6) is -2.29. The molecule has 0 aliphatic heterocycles. The number of pyridine rings is 1. The average molecular weight is 518 g/mol. The number of amides is 2. The maximum Gasteiger partial charge on any atom is 0.417 e. The van der Waals surface area contributed by atoms with Crippen molar-refractivity contribution in [3.8, 4) is 11.1 Å². The average Bonchev–Trinajstić information content (AvgIpc) is 2.86. The van der Waals surface area contributed by atoms with Crippen molar-refractivity contribution in [3.63, 3.8) is 0 Å². The van der Waals surface area contributed by atoms with Gasteiger partial charge in [-0.2, -0.15) is 24.9 Å². The zero-order chi connectivity index (χ0) is 26.3. The number of aromatic nitrogens is 1. The van der Waals surface area contributed by atoms with Gasteiger partial charge in [-0.15, -0.1) is 0 Å². The number of anilines is 1. The summed E-state index contributed by atoms with van der Waals surface area (Å²) >= 11 is 1.45. The second-order valence-electron chi connectivity index (χ2n) is 7.65. The maximum absolute atomic E-state index is 13.3. The number of nitrogens with one attached hydrogen (secondary N) is 2. The third kappa shape index (κ3) is 6.63. The molecule has 0 fully saturated rings. The lowest BCUT2D eigenvalue weighted by Gasteiger charge is -2.17. The molecule has 1 atom stereocenters. The minimum absolute atomic E-state index is 0.143. The summed E-state index contributed by atoms with van der Waals surface area (Å²) in [6, 6.07) is 12.5. The summed E-state index contributed by atoms with van der Waals surface area (Å²) in [7, 11) is 0. The molecule has 0 unspecified atom stereocenters. The van der Waals surface area contributed by atoms with Crippen LogP contribution < -0.4 is 10.6 Å². The number of carboxylic acid groups (broad SMARTS) is 1. The normalized spacial score (nSPS) is 12.0. The van der Waals surface area contributed by atoms with E-state index >= 15 is 0 Å². The van der Waals surface area contributed by atoms with Gasteiger partial charge >= 0.3 is 12.1 Å². The van der Waals surface area contributed by atoms with Crippen LogP contribution >= 0.6 is 11.8 Å². The number of nitrogens with zero attached hydrogens (tertiary/aromatic N) is 1. The predicted octanol–water partition coefficient (Wildman–Crippen LogP) is 4.96. The van der Waals surface area contributed by atoms with Crippen molar-refractivity contribution in [2.45, 2.75) is 18.6 Å². The number of thioether (sulfide) groups is 1. The first-order valence-electron chi connectivity index (χ1n) is 10.7. The van der Waals surface area contributed by atoms with E-state index in [1.54, 1.807) is 30.3 Å². The molecule has 0 radical (unpaired) electrons. The van der Waals surface area contributed by atoms with E-state index in [4.69, 9.17) is 0 Å². The Labute approximate surface area is 209 Å². The first-order chi connectivity index (χ1) is 17.1. The molecule has 11 heteroatoms. The Morgan fingerprint density at radius 2 is 1.75 bits per heavy atom. The molecule has 3 aromatic rings. The molecule has 0 saturated heterocycles. The van der Waals surface area contributed by atoms with Crippen LogP contribution in [0.25, 0.3) is 11.1 Å². The SMILES string of the molecule is CSCC[C@H](NC(=O)c1ccc(NC(=O)c2cnccc2C(F)(F)F)cc1-c1ccccc1)C(=O)O. The smallest absolute Gasteiger partial charge is 0.417 e. The lowest BCUT2D eigenvalue weighted by Crippen LogP contribution is -2.41. The Bertz CT molecular complexity index is 1250. The summed E-state index contributed by atoms with van der Waals surface area (Å²) in [6.45, 7) is 0. The van der Waals surface area contributed by atoms with Crippen LogP contribution in [0.5, 0.6) is 0 Å². The van der Waals surface area contributed by atoms with Gasteiger partial charge in [0.25, 0.3) is 11.8 Å². The van der Waals surface area contributed by atoms with Gasteiger partial charge in [0.1, 0.15) is 6.04 Å². The maximum atomic E-state index is 13.3. The molecule has 3 rings (SSSR count). The Balaban J connectivity index is 1.95. The van der Waals surface area contributed by atoms with Crippen molar-refractivity contribution in [1.29, 1.82) is 0 Å². The van der Waals surface area contributed by atoms with Crippen molar-refractivity contribution < 1.29 is 32.7 Å². The molecule has 0 bridgehead atoms. The molecule has 0 spiro atoms. The Hall–Kier alpha value is -3.86. The fraction of sp³-hybridized carbons (Fsp3) is 0.200. The van der Waals surface area contributed by atoms with Crippen molar-refractivity contribution >= 4 is 35.2 Å². The predicted molar refractivity (Wildman–Crippen MR) is 131 cm³/mol. The minimum atomic E-state index is -4.75. The summed E-state index contributed by atoms with van der Waals surface area (Å²) in [5, 5.41) is 14.4. The van der Waals surface area contributed by atoms with Crippen LogP contribution in [-0.4, -0.2) is 45.9 Å². The van der Waals surface area contributed by atoms with Gasteiger partial charge in [-0.1, -0.05) is 30.3 Å². The Morgan fingerprint density at radius 3 is 2.39 bits per heavy atom. The number of carbonyl (C=O) groups is 3. The highest BCUT2D eigenvalue weighted by Crippen LogP contribution is 2.32. The van der Waals surface area contributed by atoms with Gasteiger partial charge in [0, 0.05) is 23.6 Å². The molecule has 1 aromatic heterocycles. The lowest BCUT2D eigenvalue weighted by molar-refractivity contribution is -0.139. The standard InChI is InChI=1S/C25H22F3N3O4S/c1-36-12-10-21(24(34)35)31-22(32)17-8-7-16(13-18(17)15-5-3-2-4-6-15)30-23(33)19-14-29-11-9-20(19)25(26,27)28/h2-9,11,13-14,21H,10,12H2,1H3,(H,30,33)(H,31,32)(H,34,35)/t21-/m0/s1.